The van der Waals surface area contributed by atoms with E-state index in [1.54, 1.807) is 7.11 Å². The monoisotopic (exact) mass is 313 g/mol. The number of methoxy groups -OCH3 is 1. The molecular weight excluding hydrogens is 298 g/mol. The van der Waals surface area contributed by atoms with E-state index < -0.39 is 5.97 Å². The molecule has 1 aliphatic rings. The molecule has 1 unspecified atom stereocenters. The molecule has 1 aliphatic heterocycles. The number of halogens is 1. The number of benzene rings is 1. The van der Waals surface area contributed by atoms with Gasteiger partial charge in [-0.25, -0.2) is 0 Å². The SMILES string of the molecule is COc1ccc(Br)cc1C1CCCN1CC(=O)O. The van der Waals surface area contributed by atoms with Crippen molar-refractivity contribution < 1.29 is 14.6 Å². The zero-order valence-electron chi connectivity index (χ0n) is 10.2. The largest absolute Gasteiger partial charge is 0.496 e. The van der Waals surface area contributed by atoms with Gasteiger partial charge in [0.1, 0.15) is 5.75 Å². The summed E-state index contributed by atoms with van der Waals surface area (Å²) in [6.45, 7) is 0.910. The fourth-order valence-corrected chi connectivity index (χ4v) is 2.89. The van der Waals surface area contributed by atoms with E-state index in [-0.39, 0.29) is 12.6 Å². The van der Waals surface area contributed by atoms with Crippen LogP contribution in [0.4, 0.5) is 0 Å². The standard InChI is InChI=1S/C13H16BrNO3/c1-18-12-5-4-9(14)7-10(12)11-3-2-6-15(11)8-13(16)17/h4-5,7,11H,2-3,6,8H2,1H3,(H,16,17). The average molecular weight is 314 g/mol. The Hall–Kier alpha value is -1.07. The highest BCUT2D eigenvalue weighted by atomic mass is 79.9. The molecule has 1 atom stereocenters. The van der Waals surface area contributed by atoms with E-state index in [0.717, 1.165) is 35.2 Å². The number of hydrogen-bond acceptors (Lipinski definition) is 3. The van der Waals surface area contributed by atoms with E-state index in [9.17, 15) is 4.79 Å². The summed E-state index contributed by atoms with van der Waals surface area (Å²) in [7, 11) is 1.64. The normalized spacial score (nSPS) is 20.0. The van der Waals surface area contributed by atoms with Crippen molar-refractivity contribution in [3.05, 3.63) is 28.2 Å². The quantitative estimate of drug-likeness (QED) is 0.928. The van der Waals surface area contributed by atoms with Crippen molar-refractivity contribution in [2.24, 2.45) is 0 Å². The van der Waals surface area contributed by atoms with Crippen molar-refractivity contribution >= 4 is 21.9 Å². The van der Waals surface area contributed by atoms with Crippen LogP contribution in [-0.4, -0.2) is 36.2 Å². The Balaban J connectivity index is 2.29. The number of ether oxygens (including phenoxy) is 1. The second-order valence-electron chi connectivity index (χ2n) is 4.41. The van der Waals surface area contributed by atoms with Crippen LogP contribution in [0.15, 0.2) is 22.7 Å². The van der Waals surface area contributed by atoms with Gasteiger partial charge in [-0.05, 0) is 37.6 Å². The lowest BCUT2D eigenvalue weighted by atomic mass is 10.0. The second kappa shape index (κ2) is 5.71. The molecule has 0 radical (unpaired) electrons. The summed E-state index contributed by atoms with van der Waals surface area (Å²) in [5, 5.41) is 8.94. The van der Waals surface area contributed by atoms with E-state index in [1.165, 1.54) is 0 Å². The lowest BCUT2D eigenvalue weighted by molar-refractivity contribution is -0.138. The molecule has 0 spiro atoms. The third kappa shape index (κ3) is 2.84. The van der Waals surface area contributed by atoms with Gasteiger partial charge in [-0.3, -0.25) is 9.69 Å². The Bertz CT molecular complexity index is 450. The van der Waals surface area contributed by atoms with Gasteiger partial charge in [0.2, 0.25) is 0 Å². The fraction of sp³-hybridized carbons (Fsp3) is 0.462. The minimum absolute atomic E-state index is 0.0837. The highest BCUT2D eigenvalue weighted by Gasteiger charge is 2.29. The van der Waals surface area contributed by atoms with Crippen LogP contribution < -0.4 is 4.74 Å². The summed E-state index contributed by atoms with van der Waals surface area (Å²) < 4.78 is 6.36. The molecule has 98 valence electrons. The molecule has 18 heavy (non-hydrogen) atoms. The summed E-state index contributed by atoms with van der Waals surface area (Å²) in [5.74, 6) is 0.0383. The Morgan fingerprint density at radius 2 is 2.39 bits per heavy atom. The number of rotatable bonds is 4. The van der Waals surface area contributed by atoms with Crippen LogP contribution in [0.25, 0.3) is 0 Å². The van der Waals surface area contributed by atoms with Crippen molar-refractivity contribution in [3.8, 4) is 5.75 Å². The summed E-state index contributed by atoms with van der Waals surface area (Å²) >= 11 is 3.45. The van der Waals surface area contributed by atoms with Crippen LogP contribution in [0.5, 0.6) is 5.75 Å². The van der Waals surface area contributed by atoms with Crippen molar-refractivity contribution in [2.45, 2.75) is 18.9 Å². The molecule has 1 fully saturated rings. The summed E-state index contributed by atoms with van der Waals surface area (Å²) in [6, 6.07) is 5.99. The van der Waals surface area contributed by atoms with E-state index in [4.69, 9.17) is 9.84 Å². The van der Waals surface area contributed by atoms with Gasteiger partial charge in [0, 0.05) is 16.1 Å². The van der Waals surface area contributed by atoms with Gasteiger partial charge in [-0.15, -0.1) is 0 Å². The van der Waals surface area contributed by atoms with E-state index in [2.05, 4.69) is 15.9 Å². The minimum Gasteiger partial charge on any atom is -0.496 e. The molecule has 5 heteroatoms. The fourth-order valence-electron chi connectivity index (χ4n) is 2.51. The zero-order chi connectivity index (χ0) is 13.1. The van der Waals surface area contributed by atoms with Gasteiger partial charge in [0.15, 0.2) is 0 Å². The van der Waals surface area contributed by atoms with Crippen molar-refractivity contribution in [1.82, 2.24) is 4.90 Å². The molecule has 1 aromatic carbocycles. The average Bonchev–Trinajstić information content (AvgIpc) is 2.76. The summed E-state index contributed by atoms with van der Waals surface area (Å²) in [5.41, 5.74) is 1.06. The molecule has 1 heterocycles. The highest BCUT2D eigenvalue weighted by molar-refractivity contribution is 9.10. The number of nitrogens with zero attached hydrogens (tertiary/aromatic N) is 1. The molecule has 1 saturated heterocycles. The molecule has 4 nitrogen and oxygen atoms in total. The van der Waals surface area contributed by atoms with E-state index in [0.29, 0.717) is 0 Å². The zero-order valence-corrected chi connectivity index (χ0v) is 11.8. The Morgan fingerprint density at radius 1 is 1.61 bits per heavy atom. The minimum atomic E-state index is -0.782. The first-order valence-electron chi connectivity index (χ1n) is 5.91. The lowest BCUT2D eigenvalue weighted by Gasteiger charge is -2.24. The van der Waals surface area contributed by atoms with Gasteiger partial charge < -0.3 is 9.84 Å². The van der Waals surface area contributed by atoms with Gasteiger partial charge >= 0.3 is 5.97 Å². The number of carboxylic acids is 1. The van der Waals surface area contributed by atoms with Crippen LogP contribution in [-0.2, 0) is 4.79 Å². The van der Waals surface area contributed by atoms with Crippen molar-refractivity contribution in [1.29, 1.82) is 0 Å². The number of likely N-dealkylation sites (tertiary alicyclic amines) is 1. The lowest BCUT2D eigenvalue weighted by Crippen LogP contribution is -2.29. The predicted octanol–water partition coefficient (Wildman–Crippen LogP) is 2.68. The van der Waals surface area contributed by atoms with Gasteiger partial charge in [0.25, 0.3) is 0 Å². The Morgan fingerprint density at radius 3 is 3.06 bits per heavy atom. The molecular formula is C13H16BrNO3. The molecule has 0 bridgehead atoms. The maximum absolute atomic E-state index is 10.9. The second-order valence-corrected chi connectivity index (χ2v) is 5.32. The molecule has 1 aromatic rings. The Kier molecular flexibility index (Phi) is 4.24. The predicted molar refractivity (Wildman–Crippen MR) is 71.9 cm³/mol. The van der Waals surface area contributed by atoms with Gasteiger partial charge in [-0.2, -0.15) is 0 Å². The molecule has 0 aromatic heterocycles. The Labute approximate surface area is 115 Å². The number of hydrogen-bond donors (Lipinski definition) is 1. The molecule has 1 N–H and O–H groups in total. The van der Waals surface area contributed by atoms with Crippen molar-refractivity contribution in [3.63, 3.8) is 0 Å². The maximum Gasteiger partial charge on any atom is 0.317 e. The van der Waals surface area contributed by atoms with Crippen LogP contribution in [0.3, 0.4) is 0 Å². The number of aliphatic carboxylic acids is 1. The van der Waals surface area contributed by atoms with Crippen LogP contribution in [0, 0.1) is 0 Å². The first-order valence-corrected chi connectivity index (χ1v) is 6.70. The molecule has 0 amide bonds. The van der Waals surface area contributed by atoms with E-state index in [1.807, 2.05) is 23.1 Å². The molecule has 0 saturated carbocycles. The number of carboxylic acid groups (broad SMARTS) is 1. The first-order chi connectivity index (χ1) is 8.61. The molecule has 0 aliphatic carbocycles. The third-order valence-corrected chi connectivity index (χ3v) is 3.75. The number of carbonyl (C=O) groups is 1. The highest BCUT2D eigenvalue weighted by Crippen LogP contribution is 2.38. The maximum atomic E-state index is 10.9. The van der Waals surface area contributed by atoms with Crippen molar-refractivity contribution in [2.75, 3.05) is 20.2 Å². The van der Waals surface area contributed by atoms with Crippen LogP contribution in [0.2, 0.25) is 0 Å². The van der Waals surface area contributed by atoms with Gasteiger partial charge in [-0.1, -0.05) is 15.9 Å². The van der Waals surface area contributed by atoms with Gasteiger partial charge in [0.05, 0.1) is 13.7 Å². The third-order valence-electron chi connectivity index (χ3n) is 3.25. The van der Waals surface area contributed by atoms with Crippen LogP contribution in [0.1, 0.15) is 24.4 Å². The van der Waals surface area contributed by atoms with Crippen LogP contribution >= 0.6 is 15.9 Å². The smallest absolute Gasteiger partial charge is 0.317 e. The topological polar surface area (TPSA) is 49.8 Å². The summed E-state index contributed by atoms with van der Waals surface area (Å²) in [6.07, 6.45) is 1.99. The summed E-state index contributed by atoms with van der Waals surface area (Å²) in [4.78, 5) is 12.9. The first kappa shape index (κ1) is 13.4. The molecule has 2 rings (SSSR count). The van der Waals surface area contributed by atoms with E-state index >= 15 is 0 Å².